The van der Waals surface area contributed by atoms with Gasteiger partial charge in [-0.1, -0.05) is 18.2 Å². The summed E-state index contributed by atoms with van der Waals surface area (Å²) in [7, 11) is 0. The van der Waals surface area contributed by atoms with Gasteiger partial charge in [-0.3, -0.25) is 0 Å². The number of carboxylic acid groups (broad SMARTS) is 1. The average molecular weight is 285 g/mol. The van der Waals surface area contributed by atoms with Crippen LogP contribution in [0, 0.1) is 0 Å². The van der Waals surface area contributed by atoms with E-state index in [-0.39, 0.29) is 0 Å². The minimum Gasteiger partial charge on any atom is -0.477 e. The van der Waals surface area contributed by atoms with E-state index in [2.05, 4.69) is 23.2 Å². The minimum atomic E-state index is -0.839. The first kappa shape index (κ1) is 12.1. The summed E-state index contributed by atoms with van der Waals surface area (Å²) in [5.74, 6) is 0.239. The summed E-state index contributed by atoms with van der Waals surface area (Å²) in [6.07, 6.45) is 4.70. The van der Waals surface area contributed by atoms with Crippen molar-refractivity contribution >= 4 is 17.3 Å². The molecule has 2 fully saturated rings. The van der Waals surface area contributed by atoms with Crippen LogP contribution >= 0.6 is 11.3 Å². The Hall–Kier alpha value is -1.68. The van der Waals surface area contributed by atoms with Gasteiger partial charge in [-0.15, -0.1) is 11.3 Å². The van der Waals surface area contributed by atoms with E-state index < -0.39 is 5.97 Å². The fourth-order valence-corrected chi connectivity index (χ4v) is 3.57. The van der Waals surface area contributed by atoms with Gasteiger partial charge in [0.25, 0.3) is 0 Å². The first-order chi connectivity index (χ1) is 9.72. The van der Waals surface area contributed by atoms with E-state index in [1.54, 1.807) is 0 Å². The molecular formula is C16H15NO2S. The fraction of sp³-hybridized carbons (Fsp3) is 0.375. The predicted molar refractivity (Wildman–Crippen MR) is 78.5 cm³/mol. The van der Waals surface area contributed by atoms with Crippen molar-refractivity contribution in [2.24, 2.45) is 0 Å². The van der Waals surface area contributed by atoms with E-state index in [1.807, 2.05) is 6.07 Å². The summed E-state index contributed by atoms with van der Waals surface area (Å²) in [4.78, 5) is 16.4. The molecule has 0 amide bonds. The standard InChI is InChI=1S/C16H15NO2S/c18-16(19)14-13(10-6-7-10)17-15(20-14)12-3-1-2-11(8-12)9-4-5-9/h1-3,8-10H,4-7H2,(H,18,19). The van der Waals surface area contributed by atoms with Crippen molar-refractivity contribution in [3.05, 3.63) is 40.4 Å². The van der Waals surface area contributed by atoms with Crippen molar-refractivity contribution in [2.45, 2.75) is 37.5 Å². The number of hydrogen-bond acceptors (Lipinski definition) is 3. The number of rotatable bonds is 4. The molecule has 1 heterocycles. The maximum absolute atomic E-state index is 11.4. The molecule has 0 unspecified atom stereocenters. The Kier molecular flexibility index (Phi) is 2.67. The summed E-state index contributed by atoms with van der Waals surface area (Å²) < 4.78 is 0. The van der Waals surface area contributed by atoms with Crippen molar-refractivity contribution in [1.82, 2.24) is 4.98 Å². The smallest absolute Gasteiger partial charge is 0.347 e. The highest BCUT2D eigenvalue weighted by molar-refractivity contribution is 7.17. The number of benzene rings is 1. The highest BCUT2D eigenvalue weighted by Crippen LogP contribution is 2.45. The Morgan fingerprint density at radius 3 is 2.60 bits per heavy atom. The van der Waals surface area contributed by atoms with Crippen molar-refractivity contribution in [2.75, 3.05) is 0 Å². The quantitative estimate of drug-likeness (QED) is 0.913. The third-order valence-corrected chi connectivity index (χ3v) is 5.10. The molecule has 0 saturated heterocycles. The summed E-state index contributed by atoms with van der Waals surface area (Å²) in [6.45, 7) is 0. The third kappa shape index (κ3) is 2.14. The molecule has 1 N–H and O–H groups in total. The lowest BCUT2D eigenvalue weighted by molar-refractivity contribution is 0.0700. The first-order valence-corrected chi connectivity index (χ1v) is 7.88. The molecule has 102 valence electrons. The molecule has 0 atom stereocenters. The van der Waals surface area contributed by atoms with Crippen LogP contribution in [0.4, 0.5) is 0 Å². The number of carbonyl (C=O) groups is 1. The number of hydrogen-bond donors (Lipinski definition) is 1. The predicted octanol–water partition coefficient (Wildman–Crippen LogP) is 4.26. The number of nitrogens with zero attached hydrogens (tertiary/aromatic N) is 1. The lowest BCUT2D eigenvalue weighted by Crippen LogP contribution is -1.97. The van der Waals surface area contributed by atoms with E-state index in [0.717, 1.165) is 29.1 Å². The van der Waals surface area contributed by atoms with Crippen LogP contribution in [-0.4, -0.2) is 16.1 Å². The monoisotopic (exact) mass is 285 g/mol. The molecule has 1 aromatic heterocycles. The van der Waals surface area contributed by atoms with E-state index in [9.17, 15) is 9.90 Å². The van der Waals surface area contributed by atoms with E-state index in [1.165, 1.54) is 29.7 Å². The van der Waals surface area contributed by atoms with Gasteiger partial charge >= 0.3 is 5.97 Å². The van der Waals surface area contributed by atoms with Crippen molar-refractivity contribution in [1.29, 1.82) is 0 Å². The van der Waals surface area contributed by atoms with Crippen LogP contribution in [0.2, 0.25) is 0 Å². The van der Waals surface area contributed by atoms with Gasteiger partial charge in [0.1, 0.15) is 9.88 Å². The van der Waals surface area contributed by atoms with Gasteiger partial charge in [-0.05, 0) is 43.2 Å². The van der Waals surface area contributed by atoms with Crippen LogP contribution in [0.5, 0.6) is 0 Å². The Bertz CT molecular complexity index is 684. The number of aromatic carboxylic acids is 1. The van der Waals surface area contributed by atoms with Crippen molar-refractivity contribution in [3.63, 3.8) is 0 Å². The van der Waals surface area contributed by atoms with E-state index in [4.69, 9.17) is 0 Å². The fourth-order valence-electron chi connectivity index (χ4n) is 2.58. The highest BCUT2D eigenvalue weighted by atomic mass is 32.1. The van der Waals surface area contributed by atoms with Crippen LogP contribution in [0.25, 0.3) is 10.6 Å². The maximum atomic E-state index is 11.4. The van der Waals surface area contributed by atoms with Crippen LogP contribution in [0.3, 0.4) is 0 Å². The molecule has 3 nitrogen and oxygen atoms in total. The maximum Gasteiger partial charge on any atom is 0.347 e. The molecule has 20 heavy (non-hydrogen) atoms. The van der Waals surface area contributed by atoms with Gasteiger partial charge in [0.15, 0.2) is 0 Å². The topological polar surface area (TPSA) is 50.2 Å². The summed E-state index contributed by atoms with van der Waals surface area (Å²) in [5.41, 5.74) is 3.23. The molecule has 0 radical (unpaired) electrons. The zero-order chi connectivity index (χ0) is 13.7. The number of thiazole rings is 1. The first-order valence-electron chi connectivity index (χ1n) is 7.06. The second-order valence-electron chi connectivity index (χ2n) is 5.71. The van der Waals surface area contributed by atoms with Gasteiger partial charge in [0, 0.05) is 11.5 Å². The Morgan fingerprint density at radius 1 is 1.20 bits per heavy atom. The molecular weight excluding hydrogens is 270 g/mol. The van der Waals surface area contributed by atoms with Gasteiger partial charge in [0.2, 0.25) is 0 Å². The van der Waals surface area contributed by atoms with Crippen molar-refractivity contribution < 1.29 is 9.90 Å². The molecule has 0 aliphatic heterocycles. The number of carboxylic acids is 1. The molecule has 0 spiro atoms. The van der Waals surface area contributed by atoms with Crippen LogP contribution < -0.4 is 0 Å². The van der Waals surface area contributed by atoms with E-state index in [0.29, 0.717) is 16.7 Å². The zero-order valence-electron chi connectivity index (χ0n) is 11.0. The summed E-state index contributed by atoms with van der Waals surface area (Å²) >= 11 is 1.32. The van der Waals surface area contributed by atoms with Crippen LogP contribution in [-0.2, 0) is 0 Å². The molecule has 2 aliphatic carbocycles. The Labute approximate surface area is 121 Å². The zero-order valence-corrected chi connectivity index (χ0v) is 11.8. The molecule has 4 heteroatoms. The normalized spacial score (nSPS) is 18.2. The SMILES string of the molecule is O=C(O)c1sc(-c2cccc(C3CC3)c2)nc1C1CC1. The molecule has 4 rings (SSSR count). The molecule has 2 aliphatic rings. The van der Waals surface area contributed by atoms with E-state index >= 15 is 0 Å². The highest BCUT2D eigenvalue weighted by Gasteiger charge is 2.32. The lowest BCUT2D eigenvalue weighted by atomic mass is 10.1. The average Bonchev–Trinajstić information content (AvgIpc) is 3.35. The Morgan fingerprint density at radius 2 is 1.95 bits per heavy atom. The molecule has 2 aromatic rings. The van der Waals surface area contributed by atoms with Crippen molar-refractivity contribution in [3.8, 4) is 10.6 Å². The van der Waals surface area contributed by atoms with Gasteiger partial charge in [-0.25, -0.2) is 9.78 Å². The summed E-state index contributed by atoms with van der Waals surface area (Å²) in [6, 6.07) is 8.43. The third-order valence-electron chi connectivity index (χ3n) is 3.99. The molecule has 0 bridgehead atoms. The second kappa shape index (κ2) is 4.42. The Balaban J connectivity index is 1.75. The molecule has 1 aromatic carbocycles. The van der Waals surface area contributed by atoms with Crippen LogP contribution in [0.15, 0.2) is 24.3 Å². The largest absolute Gasteiger partial charge is 0.477 e. The van der Waals surface area contributed by atoms with Crippen LogP contribution in [0.1, 0.15) is 58.4 Å². The summed E-state index contributed by atoms with van der Waals surface area (Å²) in [5, 5.41) is 10.2. The second-order valence-corrected chi connectivity index (χ2v) is 6.71. The lowest BCUT2D eigenvalue weighted by Gasteiger charge is -2.00. The molecule has 2 saturated carbocycles. The van der Waals surface area contributed by atoms with Gasteiger partial charge in [0.05, 0.1) is 5.69 Å². The number of aromatic nitrogens is 1. The van der Waals surface area contributed by atoms with Gasteiger partial charge < -0.3 is 5.11 Å². The van der Waals surface area contributed by atoms with Gasteiger partial charge in [-0.2, -0.15) is 0 Å². The minimum absolute atomic E-state index is 0.373.